The summed E-state index contributed by atoms with van der Waals surface area (Å²) in [6.07, 6.45) is 3.97. The molecule has 1 saturated heterocycles. The van der Waals surface area contributed by atoms with E-state index in [0.29, 0.717) is 11.3 Å². The zero-order chi connectivity index (χ0) is 19.4. The fourth-order valence-corrected chi connectivity index (χ4v) is 2.85. The Labute approximate surface area is 167 Å². The molecular formula is C17H12BrN5O3S. The van der Waals surface area contributed by atoms with E-state index in [4.69, 9.17) is 12.2 Å². The van der Waals surface area contributed by atoms with Crippen molar-refractivity contribution in [1.29, 1.82) is 0 Å². The van der Waals surface area contributed by atoms with Crippen molar-refractivity contribution < 1.29 is 14.4 Å². The van der Waals surface area contributed by atoms with Crippen LogP contribution in [0.3, 0.4) is 0 Å². The fraction of sp³-hybridized carbons (Fsp3) is 0.0588. The molecule has 0 saturated carbocycles. The summed E-state index contributed by atoms with van der Waals surface area (Å²) in [5, 5.41) is 6.18. The number of thiocarbonyl (C=S) groups is 1. The van der Waals surface area contributed by atoms with Crippen molar-refractivity contribution in [3.05, 3.63) is 58.8 Å². The maximum absolute atomic E-state index is 12.7. The van der Waals surface area contributed by atoms with Crippen LogP contribution in [0.1, 0.15) is 10.4 Å². The van der Waals surface area contributed by atoms with E-state index in [1.165, 1.54) is 17.3 Å². The monoisotopic (exact) mass is 445 g/mol. The van der Waals surface area contributed by atoms with Crippen molar-refractivity contribution in [2.24, 2.45) is 11.0 Å². The standard InChI is InChI=1S/C17H12BrN5O3S/c18-11-3-5-12(6-4-11)23-16(26)13(15(25)21-17(23)27)9-20-22-14(24)10-2-1-7-19-8-10/h1-9,13H,(H,22,24)(H,21,25,27)/b20-9-/t13-/m0/s1. The first-order valence-electron chi connectivity index (χ1n) is 7.65. The molecule has 1 aliphatic rings. The lowest BCUT2D eigenvalue weighted by molar-refractivity contribution is -0.130. The highest BCUT2D eigenvalue weighted by atomic mass is 79.9. The number of amides is 3. The predicted octanol–water partition coefficient (Wildman–Crippen LogP) is 1.62. The van der Waals surface area contributed by atoms with Gasteiger partial charge in [0.15, 0.2) is 11.0 Å². The molecule has 1 aromatic heterocycles. The van der Waals surface area contributed by atoms with Crippen LogP contribution in [0.15, 0.2) is 58.4 Å². The van der Waals surface area contributed by atoms with Gasteiger partial charge in [-0.2, -0.15) is 5.10 Å². The highest BCUT2D eigenvalue weighted by Crippen LogP contribution is 2.22. The topological polar surface area (TPSA) is 104 Å². The summed E-state index contributed by atoms with van der Waals surface area (Å²) in [5.74, 6) is -2.92. The number of hydrazone groups is 1. The number of pyridine rings is 1. The Morgan fingerprint density at radius 2 is 2.04 bits per heavy atom. The minimum atomic E-state index is -1.23. The van der Waals surface area contributed by atoms with Crippen LogP contribution in [0.5, 0.6) is 0 Å². The molecule has 0 unspecified atom stereocenters. The van der Waals surface area contributed by atoms with Crippen LogP contribution in [0.4, 0.5) is 5.69 Å². The van der Waals surface area contributed by atoms with Crippen LogP contribution in [0.25, 0.3) is 0 Å². The average Bonchev–Trinajstić information content (AvgIpc) is 2.66. The lowest BCUT2D eigenvalue weighted by Gasteiger charge is -2.30. The molecule has 27 heavy (non-hydrogen) atoms. The highest BCUT2D eigenvalue weighted by molar-refractivity contribution is 9.10. The summed E-state index contributed by atoms with van der Waals surface area (Å²) in [6.45, 7) is 0. The molecule has 3 rings (SSSR count). The molecule has 8 nitrogen and oxygen atoms in total. The number of carbonyl (C=O) groups is 3. The van der Waals surface area contributed by atoms with Gasteiger partial charge in [0.2, 0.25) is 5.91 Å². The summed E-state index contributed by atoms with van der Waals surface area (Å²) in [5.41, 5.74) is 3.06. The molecule has 2 aromatic rings. The van der Waals surface area contributed by atoms with E-state index in [2.05, 4.69) is 36.8 Å². The number of aromatic nitrogens is 1. The number of hydrogen-bond acceptors (Lipinski definition) is 6. The molecule has 1 aliphatic heterocycles. The van der Waals surface area contributed by atoms with Gasteiger partial charge in [-0.15, -0.1) is 0 Å². The fourth-order valence-electron chi connectivity index (χ4n) is 2.29. The third kappa shape index (κ3) is 4.23. The van der Waals surface area contributed by atoms with Crippen LogP contribution in [0.2, 0.25) is 0 Å². The van der Waals surface area contributed by atoms with Crippen molar-refractivity contribution in [2.75, 3.05) is 4.90 Å². The number of nitrogens with one attached hydrogen (secondary N) is 2. The Hall–Kier alpha value is -2.98. The van der Waals surface area contributed by atoms with E-state index in [1.54, 1.807) is 36.4 Å². The lowest BCUT2D eigenvalue weighted by Crippen LogP contribution is -2.58. The van der Waals surface area contributed by atoms with Gasteiger partial charge in [0.05, 0.1) is 11.3 Å². The van der Waals surface area contributed by atoms with Crippen LogP contribution in [0, 0.1) is 5.92 Å². The van der Waals surface area contributed by atoms with Gasteiger partial charge in [0, 0.05) is 23.1 Å². The third-order valence-corrected chi connectivity index (χ3v) is 4.41. The summed E-state index contributed by atoms with van der Waals surface area (Å²) < 4.78 is 0.835. The molecule has 1 aromatic carbocycles. The van der Waals surface area contributed by atoms with Crippen LogP contribution < -0.4 is 15.6 Å². The molecule has 1 fully saturated rings. The van der Waals surface area contributed by atoms with E-state index in [1.807, 2.05) is 0 Å². The molecule has 2 N–H and O–H groups in total. The van der Waals surface area contributed by atoms with Gasteiger partial charge in [-0.3, -0.25) is 24.3 Å². The number of anilines is 1. The summed E-state index contributed by atoms with van der Waals surface area (Å²) in [4.78, 5) is 41.8. The molecule has 136 valence electrons. The van der Waals surface area contributed by atoms with Crippen molar-refractivity contribution in [3.8, 4) is 0 Å². The van der Waals surface area contributed by atoms with E-state index >= 15 is 0 Å². The Kier molecular flexibility index (Phi) is 5.67. The second-order valence-electron chi connectivity index (χ2n) is 5.38. The quantitative estimate of drug-likeness (QED) is 0.322. The molecule has 0 aliphatic carbocycles. The molecule has 10 heteroatoms. The van der Waals surface area contributed by atoms with Gasteiger partial charge >= 0.3 is 0 Å². The maximum atomic E-state index is 12.7. The van der Waals surface area contributed by atoms with Gasteiger partial charge in [-0.1, -0.05) is 15.9 Å². The van der Waals surface area contributed by atoms with E-state index in [-0.39, 0.29) is 5.11 Å². The molecule has 1 atom stereocenters. The molecular weight excluding hydrogens is 434 g/mol. The minimum absolute atomic E-state index is 0.0173. The Morgan fingerprint density at radius 3 is 2.70 bits per heavy atom. The van der Waals surface area contributed by atoms with Gasteiger partial charge < -0.3 is 5.32 Å². The lowest BCUT2D eigenvalue weighted by atomic mass is 10.1. The van der Waals surface area contributed by atoms with Crippen molar-refractivity contribution >= 4 is 62.9 Å². The molecule has 0 spiro atoms. The predicted molar refractivity (Wildman–Crippen MR) is 106 cm³/mol. The van der Waals surface area contributed by atoms with Crippen LogP contribution in [-0.2, 0) is 9.59 Å². The molecule has 2 heterocycles. The number of carbonyl (C=O) groups excluding carboxylic acids is 3. The van der Waals surface area contributed by atoms with Crippen LogP contribution >= 0.6 is 28.1 Å². The maximum Gasteiger partial charge on any atom is 0.272 e. The number of halogens is 1. The summed E-state index contributed by atoms with van der Waals surface area (Å²) in [7, 11) is 0. The van der Waals surface area contributed by atoms with Crippen molar-refractivity contribution in [3.63, 3.8) is 0 Å². The SMILES string of the molecule is O=C(N/N=C\[C@H]1C(=O)NC(=S)N(c2ccc(Br)cc2)C1=O)c1cccnc1. The van der Waals surface area contributed by atoms with Gasteiger partial charge in [-0.25, -0.2) is 5.43 Å². The second-order valence-corrected chi connectivity index (χ2v) is 6.69. The first-order valence-corrected chi connectivity index (χ1v) is 8.85. The average molecular weight is 446 g/mol. The number of benzene rings is 1. The normalized spacial score (nSPS) is 17.1. The van der Waals surface area contributed by atoms with Crippen molar-refractivity contribution in [1.82, 2.24) is 15.7 Å². The van der Waals surface area contributed by atoms with Gasteiger partial charge in [0.25, 0.3) is 11.8 Å². The van der Waals surface area contributed by atoms with E-state index in [0.717, 1.165) is 10.7 Å². The second kappa shape index (κ2) is 8.14. The summed E-state index contributed by atoms with van der Waals surface area (Å²) >= 11 is 8.42. The summed E-state index contributed by atoms with van der Waals surface area (Å²) in [6, 6.07) is 10.0. The Morgan fingerprint density at radius 1 is 1.30 bits per heavy atom. The largest absolute Gasteiger partial charge is 0.301 e. The van der Waals surface area contributed by atoms with E-state index < -0.39 is 23.6 Å². The molecule has 0 bridgehead atoms. The van der Waals surface area contributed by atoms with Gasteiger partial charge in [-0.05, 0) is 48.6 Å². The number of hydrogen-bond donors (Lipinski definition) is 2. The molecule has 3 amide bonds. The van der Waals surface area contributed by atoms with Crippen molar-refractivity contribution in [2.45, 2.75) is 0 Å². The Balaban J connectivity index is 1.75. The minimum Gasteiger partial charge on any atom is -0.301 e. The zero-order valence-corrected chi connectivity index (χ0v) is 16.0. The smallest absolute Gasteiger partial charge is 0.272 e. The van der Waals surface area contributed by atoms with Crippen LogP contribution in [-0.4, -0.2) is 34.0 Å². The number of rotatable bonds is 4. The Bertz CT molecular complexity index is 933. The zero-order valence-electron chi connectivity index (χ0n) is 13.6. The van der Waals surface area contributed by atoms with Gasteiger partial charge in [0.1, 0.15) is 0 Å². The van der Waals surface area contributed by atoms with E-state index in [9.17, 15) is 14.4 Å². The first-order chi connectivity index (χ1) is 13.0. The first kappa shape index (κ1) is 18.8. The molecule has 0 radical (unpaired) electrons. The third-order valence-electron chi connectivity index (χ3n) is 3.60. The number of nitrogens with zero attached hydrogens (tertiary/aromatic N) is 3. The highest BCUT2D eigenvalue weighted by Gasteiger charge is 2.38.